The highest BCUT2D eigenvalue weighted by Gasteiger charge is 2.13. The van der Waals surface area contributed by atoms with E-state index in [1.165, 1.54) is 0 Å². The molecule has 17 heavy (non-hydrogen) atoms. The van der Waals surface area contributed by atoms with Crippen molar-refractivity contribution in [1.29, 1.82) is 0 Å². The summed E-state index contributed by atoms with van der Waals surface area (Å²) in [6.07, 6.45) is 0. The molecule has 0 spiro atoms. The molecule has 0 fully saturated rings. The smallest absolute Gasteiger partial charge is 0.0518 e. The van der Waals surface area contributed by atoms with Gasteiger partial charge in [-0.3, -0.25) is 0 Å². The van der Waals surface area contributed by atoms with E-state index < -0.39 is 0 Å². The average Bonchev–Trinajstić information content (AvgIpc) is 2.65. The van der Waals surface area contributed by atoms with Gasteiger partial charge in [-0.05, 0) is 31.2 Å². The van der Waals surface area contributed by atoms with Crippen LogP contribution in [0.3, 0.4) is 0 Å². The second kappa shape index (κ2) is 5.29. The van der Waals surface area contributed by atoms with Gasteiger partial charge in [-0.25, -0.2) is 0 Å². The van der Waals surface area contributed by atoms with Gasteiger partial charge in [0.25, 0.3) is 0 Å². The molecule has 0 bridgehead atoms. The van der Waals surface area contributed by atoms with E-state index in [2.05, 4.69) is 15.9 Å². The molecule has 0 radical (unpaired) electrons. The first-order valence-corrected chi connectivity index (χ1v) is 7.36. The molecule has 1 aromatic carbocycles. The van der Waals surface area contributed by atoms with Crippen LogP contribution >= 0.6 is 50.5 Å². The summed E-state index contributed by atoms with van der Waals surface area (Å²) < 4.78 is 0.875. The Morgan fingerprint density at radius 3 is 2.29 bits per heavy atom. The predicted molar refractivity (Wildman–Crippen MR) is 80.1 cm³/mol. The van der Waals surface area contributed by atoms with E-state index in [4.69, 9.17) is 28.9 Å². The van der Waals surface area contributed by atoms with E-state index in [1.54, 1.807) is 11.3 Å². The van der Waals surface area contributed by atoms with Gasteiger partial charge in [0.1, 0.15) is 0 Å². The molecular formula is C12H10BrCl2NS. The molecule has 1 unspecified atom stereocenters. The molecule has 1 nitrogen and oxygen atoms in total. The fourth-order valence-electron chi connectivity index (χ4n) is 1.51. The Morgan fingerprint density at radius 1 is 1.24 bits per heavy atom. The van der Waals surface area contributed by atoms with Gasteiger partial charge in [0.2, 0.25) is 0 Å². The van der Waals surface area contributed by atoms with Crippen LogP contribution in [0.4, 0.5) is 0 Å². The SMILES string of the molecule is CC(N)c1ccc(-c2c(Cl)cc(Br)cc2Cl)s1. The standard InChI is InChI=1S/C12H10BrCl2NS/c1-6(16)10-2-3-11(17-10)12-8(14)4-7(13)5-9(12)15/h2-6H,16H2,1H3. The van der Waals surface area contributed by atoms with E-state index in [0.717, 1.165) is 19.8 Å². The van der Waals surface area contributed by atoms with Crippen LogP contribution in [0.1, 0.15) is 17.8 Å². The highest BCUT2D eigenvalue weighted by atomic mass is 79.9. The maximum Gasteiger partial charge on any atom is 0.0518 e. The lowest BCUT2D eigenvalue weighted by molar-refractivity contribution is 0.838. The van der Waals surface area contributed by atoms with Crippen molar-refractivity contribution in [1.82, 2.24) is 0 Å². The summed E-state index contributed by atoms with van der Waals surface area (Å²) in [6, 6.07) is 7.73. The molecule has 0 aliphatic rings. The molecular weight excluding hydrogens is 341 g/mol. The zero-order valence-electron chi connectivity index (χ0n) is 9.01. The molecule has 1 atom stereocenters. The highest BCUT2D eigenvalue weighted by molar-refractivity contribution is 9.10. The number of nitrogens with two attached hydrogens (primary N) is 1. The van der Waals surface area contributed by atoms with Crippen LogP contribution in [0.15, 0.2) is 28.7 Å². The van der Waals surface area contributed by atoms with Gasteiger partial charge in [0.15, 0.2) is 0 Å². The summed E-state index contributed by atoms with van der Waals surface area (Å²) in [4.78, 5) is 2.16. The third-order valence-corrected chi connectivity index (χ3v) is 4.69. The van der Waals surface area contributed by atoms with Crippen molar-refractivity contribution in [2.45, 2.75) is 13.0 Å². The second-order valence-corrected chi connectivity index (χ2v) is 6.58. The number of halogens is 3. The first-order chi connectivity index (χ1) is 7.99. The third-order valence-electron chi connectivity index (χ3n) is 2.33. The van der Waals surface area contributed by atoms with Crippen LogP contribution in [0.25, 0.3) is 10.4 Å². The lowest BCUT2D eigenvalue weighted by Crippen LogP contribution is -2.01. The van der Waals surface area contributed by atoms with Crippen molar-refractivity contribution in [3.8, 4) is 10.4 Å². The maximum absolute atomic E-state index is 6.22. The van der Waals surface area contributed by atoms with Crippen LogP contribution in [-0.2, 0) is 0 Å². The van der Waals surface area contributed by atoms with E-state index in [0.29, 0.717) is 10.0 Å². The Bertz CT molecular complexity index is 528. The molecule has 1 aromatic heterocycles. The van der Waals surface area contributed by atoms with Gasteiger partial charge in [-0.1, -0.05) is 39.1 Å². The summed E-state index contributed by atoms with van der Waals surface area (Å²) in [7, 11) is 0. The number of thiophene rings is 1. The first-order valence-electron chi connectivity index (χ1n) is 4.99. The van der Waals surface area contributed by atoms with Crippen LogP contribution in [0, 0.1) is 0 Å². The van der Waals surface area contributed by atoms with Crippen molar-refractivity contribution in [2.24, 2.45) is 5.73 Å². The molecule has 1 heterocycles. The van der Waals surface area contributed by atoms with E-state index in [9.17, 15) is 0 Å². The topological polar surface area (TPSA) is 26.0 Å². The second-order valence-electron chi connectivity index (χ2n) is 3.74. The Hall–Kier alpha value is -0.0600. The predicted octanol–water partition coefficient (Wildman–Crippen LogP) is 5.50. The summed E-state index contributed by atoms with van der Waals surface area (Å²) >= 11 is 17.4. The number of hydrogen-bond acceptors (Lipinski definition) is 2. The first kappa shape index (κ1) is 13.4. The van der Waals surface area contributed by atoms with Crippen LogP contribution in [-0.4, -0.2) is 0 Å². The van der Waals surface area contributed by atoms with E-state index in [-0.39, 0.29) is 6.04 Å². The molecule has 2 rings (SSSR count). The molecule has 0 saturated carbocycles. The van der Waals surface area contributed by atoms with Crippen molar-refractivity contribution >= 4 is 50.5 Å². The minimum absolute atomic E-state index is 0.0294. The highest BCUT2D eigenvalue weighted by Crippen LogP contribution is 2.41. The fourth-order valence-corrected chi connectivity index (χ4v) is 4.07. The third kappa shape index (κ3) is 2.85. The zero-order chi connectivity index (χ0) is 12.6. The van der Waals surface area contributed by atoms with Crippen LogP contribution < -0.4 is 5.73 Å². The number of benzene rings is 1. The van der Waals surface area contributed by atoms with Crippen molar-refractivity contribution in [3.63, 3.8) is 0 Å². The monoisotopic (exact) mass is 349 g/mol. The minimum Gasteiger partial charge on any atom is -0.324 e. The van der Waals surface area contributed by atoms with E-state index >= 15 is 0 Å². The lowest BCUT2D eigenvalue weighted by Gasteiger charge is -2.05. The van der Waals surface area contributed by atoms with Gasteiger partial charge >= 0.3 is 0 Å². The van der Waals surface area contributed by atoms with Crippen molar-refractivity contribution in [2.75, 3.05) is 0 Å². The average molecular weight is 351 g/mol. The van der Waals surface area contributed by atoms with Crippen molar-refractivity contribution < 1.29 is 0 Å². The molecule has 5 heteroatoms. The van der Waals surface area contributed by atoms with Gasteiger partial charge in [-0.2, -0.15) is 0 Å². The Morgan fingerprint density at radius 2 is 1.82 bits per heavy atom. The zero-order valence-corrected chi connectivity index (χ0v) is 12.9. The Balaban J connectivity index is 2.52. The minimum atomic E-state index is 0.0294. The summed E-state index contributed by atoms with van der Waals surface area (Å²) in [5.41, 5.74) is 6.71. The Labute approximate surface area is 123 Å². The molecule has 0 aliphatic carbocycles. The van der Waals surface area contributed by atoms with Crippen LogP contribution in [0.5, 0.6) is 0 Å². The largest absolute Gasteiger partial charge is 0.324 e. The molecule has 0 saturated heterocycles. The molecule has 0 aliphatic heterocycles. The summed E-state index contributed by atoms with van der Waals surface area (Å²) in [5.74, 6) is 0. The fraction of sp³-hybridized carbons (Fsp3) is 0.167. The van der Waals surface area contributed by atoms with Gasteiger partial charge < -0.3 is 5.73 Å². The lowest BCUT2D eigenvalue weighted by atomic mass is 10.2. The Kier molecular flexibility index (Phi) is 4.16. The molecule has 2 aromatic rings. The number of hydrogen-bond donors (Lipinski definition) is 1. The van der Waals surface area contributed by atoms with Crippen molar-refractivity contribution in [3.05, 3.63) is 43.7 Å². The maximum atomic E-state index is 6.22. The normalized spacial score (nSPS) is 12.8. The van der Waals surface area contributed by atoms with Crippen LogP contribution in [0.2, 0.25) is 10.0 Å². The van der Waals surface area contributed by atoms with E-state index in [1.807, 2.05) is 31.2 Å². The van der Waals surface area contributed by atoms with Gasteiger partial charge in [0.05, 0.1) is 10.0 Å². The summed E-state index contributed by atoms with van der Waals surface area (Å²) in [5, 5.41) is 1.28. The molecule has 0 amide bonds. The van der Waals surface area contributed by atoms with Gasteiger partial charge in [0, 0.05) is 25.8 Å². The summed E-state index contributed by atoms with van der Waals surface area (Å²) in [6.45, 7) is 1.96. The quantitative estimate of drug-likeness (QED) is 0.759. The van der Waals surface area contributed by atoms with Gasteiger partial charge in [-0.15, -0.1) is 11.3 Å². The molecule has 90 valence electrons. The molecule has 2 N–H and O–H groups in total. The number of rotatable bonds is 2.